The van der Waals surface area contributed by atoms with Gasteiger partial charge in [-0.05, 0) is 55.5 Å². The number of nitrogens with zero attached hydrogens (tertiary/aromatic N) is 4. The molecule has 1 aliphatic rings. The first-order valence-corrected chi connectivity index (χ1v) is 11.9. The van der Waals surface area contributed by atoms with Gasteiger partial charge in [0, 0.05) is 41.6 Å². The van der Waals surface area contributed by atoms with Gasteiger partial charge in [0.05, 0.1) is 17.0 Å². The van der Waals surface area contributed by atoms with E-state index in [0.29, 0.717) is 26.8 Å². The Labute approximate surface area is 196 Å². The van der Waals surface area contributed by atoms with Gasteiger partial charge >= 0.3 is 0 Å². The predicted molar refractivity (Wildman–Crippen MR) is 129 cm³/mol. The molecule has 0 radical (unpaired) electrons. The highest BCUT2D eigenvalue weighted by Crippen LogP contribution is 2.36. The summed E-state index contributed by atoms with van der Waals surface area (Å²) in [5.41, 5.74) is 2.79. The zero-order valence-electron chi connectivity index (χ0n) is 17.5. The molecule has 1 atom stereocenters. The lowest BCUT2D eigenvalue weighted by Crippen LogP contribution is -2.27. The maximum Gasteiger partial charge on any atom is 0.298 e. The maximum absolute atomic E-state index is 6.48. The summed E-state index contributed by atoms with van der Waals surface area (Å²) in [5, 5.41) is 1.75. The van der Waals surface area contributed by atoms with Gasteiger partial charge in [0.25, 0.3) is 5.19 Å². The van der Waals surface area contributed by atoms with Crippen molar-refractivity contribution in [3.8, 4) is 10.9 Å². The number of aromatic nitrogens is 2. The van der Waals surface area contributed by atoms with Crippen molar-refractivity contribution in [2.45, 2.75) is 39.0 Å². The van der Waals surface area contributed by atoms with Crippen molar-refractivity contribution in [2.75, 3.05) is 13.1 Å². The summed E-state index contributed by atoms with van der Waals surface area (Å²) in [5.74, 6) is 1.42. The van der Waals surface area contributed by atoms with Gasteiger partial charge in [-0.1, -0.05) is 42.3 Å². The van der Waals surface area contributed by atoms with E-state index in [9.17, 15) is 0 Å². The van der Waals surface area contributed by atoms with Crippen molar-refractivity contribution >= 4 is 46.8 Å². The lowest BCUT2D eigenvalue weighted by Gasteiger charge is -2.23. The van der Waals surface area contributed by atoms with Crippen molar-refractivity contribution in [1.29, 1.82) is 0 Å². The molecule has 4 rings (SSSR count). The molecular formula is C23H24Cl2N4OS. The number of hydrogen-bond acceptors (Lipinski definition) is 5. The molecule has 0 N–H and O–H groups in total. The van der Waals surface area contributed by atoms with E-state index in [4.69, 9.17) is 27.9 Å². The SMILES string of the molecule is Cc1cc(N=CN2CCCCC2)c(Cl)cc1Oc1nc(C(C)c2ccc(Cl)cc2)ns1. The topological polar surface area (TPSA) is 50.6 Å². The maximum atomic E-state index is 6.48. The van der Waals surface area contributed by atoms with Gasteiger partial charge in [0.1, 0.15) is 5.75 Å². The van der Waals surface area contributed by atoms with Crippen molar-refractivity contribution in [1.82, 2.24) is 14.3 Å². The molecule has 1 aliphatic heterocycles. The van der Waals surface area contributed by atoms with Crippen LogP contribution in [0.5, 0.6) is 10.9 Å². The van der Waals surface area contributed by atoms with Crippen LogP contribution in [0.15, 0.2) is 41.4 Å². The highest BCUT2D eigenvalue weighted by atomic mass is 35.5. The second kappa shape index (κ2) is 9.98. The fourth-order valence-electron chi connectivity index (χ4n) is 3.47. The standard InChI is InChI=1S/C23H24Cl2N4OS/c1-15-12-20(26-14-29-10-4-3-5-11-29)19(25)13-21(15)30-23-27-22(28-31-23)16(2)17-6-8-18(24)9-7-17/h6-9,12-14,16H,3-5,10-11H2,1-2H3. The van der Waals surface area contributed by atoms with Crippen LogP contribution in [-0.2, 0) is 0 Å². The molecule has 5 nitrogen and oxygen atoms in total. The Morgan fingerprint density at radius 1 is 1.13 bits per heavy atom. The van der Waals surface area contributed by atoms with E-state index in [0.717, 1.165) is 29.9 Å². The second-order valence-electron chi connectivity index (χ2n) is 7.70. The van der Waals surface area contributed by atoms with E-state index in [2.05, 4.69) is 26.2 Å². The number of likely N-dealkylation sites (tertiary alicyclic amines) is 1. The zero-order valence-corrected chi connectivity index (χ0v) is 19.8. The number of aliphatic imine (C=N–C) groups is 1. The molecule has 1 aromatic heterocycles. The summed E-state index contributed by atoms with van der Waals surface area (Å²) in [6.07, 6.45) is 5.62. The monoisotopic (exact) mass is 474 g/mol. The molecule has 0 aliphatic carbocycles. The van der Waals surface area contributed by atoms with Gasteiger partial charge in [0.2, 0.25) is 0 Å². The van der Waals surface area contributed by atoms with Crippen LogP contribution in [0.2, 0.25) is 10.0 Å². The van der Waals surface area contributed by atoms with Crippen molar-refractivity contribution in [2.24, 2.45) is 4.99 Å². The lowest BCUT2D eigenvalue weighted by molar-refractivity contribution is 0.351. The first kappa shape index (κ1) is 22.1. The van der Waals surface area contributed by atoms with Gasteiger partial charge in [-0.15, -0.1) is 0 Å². The summed E-state index contributed by atoms with van der Waals surface area (Å²) in [7, 11) is 0. The summed E-state index contributed by atoms with van der Waals surface area (Å²) >= 11 is 13.7. The molecule has 8 heteroatoms. The molecule has 1 unspecified atom stereocenters. The van der Waals surface area contributed by atoms with E-state index in [1.807, 2.05) is 43.6 Å². The van der Waals surface area contributed by atoms with Crippen LogP contribution in [0.4, 0.5) is 5.69 Å². The summed E-state index contributed by atoms with van der Waals surface area (Å²) in [4.78, 5) is 11.4. The van der Waals surface area contributed by atoms with E-state index in [1.54, 1.807) is 6.07 Å². The van der Waals surface area contributed by atoms with Crippen LogP contribution in [0.25, 0.3) is 0 Å². The number of ether oxygens (including phenoxy) is 1. The van der Waals surface area contributed by atoms with Gasteiger partial charge < -0.3 is 9.64 Å². The molecule has 1 fully saturated rings. The smallest absolute Gasteiger partial charge is 0.298 e. The highest BCUT2D eigenvalue weighted by Gasteiger charge is 2.17. The number of rotatable bonds is 6. The Bertz CT molecular complexity index is 1060. The van der Waals surface area contributed by atoms with Gasteiger partial charge in [-0.25, -0.2) is 4.99 Å². The van der Waals surface area contributed by atoms with Crippen LogP contribution >= 0.6 is 34.7 Å². The molecule has 2 aromatic carbocycles. The zero-order chi connectivity index (χ0) is 21.8. The Kier molecular flexibility index (Phi) is 7.10. The van der Waals surface area contributed by atoms with Gasteiger partial charge in [0.15, 0.2) is 5.82 Å². The quantitative estimate of drug-likeness (QED) is 0.279. The van der Waals surface area contributed by atoms with Crippen molar-refractivity contribution in [3.05, 3.63) is 63.4 Å². The van der Waals surface area contributed by atoms with E-state index < -0.39 is 0 Å². The highest BCUT2D eigenvalue weighted by molar-refractivity contribution is 7.07. The average molecular weight is 475 g/mol. The first-order chi connectivity index (χ1) is 15.0. The predicted octanol–water partition coefficient (Wildman–Crippen LogP) is 7.24. The second-order valence-corrected chi connectivity index (χ2v) is 9.26. The largest absolute Gasteiger partial charge is 0.430 e. The van der Waals surface area contributed by atoms with Crippen LogP contribution in [0.1, 0.15) is 49.1 Å². The Balaban J connectivity index is 1.46. The molecule has 2 heterocycles. The minimum Gasteiger partial charge on any atom is -0.430 e. The molecule has 0 saturated carbocycles. The molecule has 1 saturated heterocycles. The third kappa shape index (κ3) is 5.56. The summed E-state index contributed by atoms with van der Waals surface area (Å²) in [6.45, 7) is 6.14. The van der Waals surface area contributed by atoms with Gasteiger partial charge in [-0.2, -0.15) is 9.36 Å². The van der Waals surface area contributed by atoms with Gasteiger partial charge in [-0.3, -0.25) is 0 Å². The van der Waals surface area contributed by atoms with Crippen LogP contribution < -0.4 is 4.74 Å². The van der Waals surface area contributed by atoms with E-state index >= 15 is 0 Å². The van der Waals surface area contributed by atoms with Crippen molar-refractivity contribution < 1.29 is 4.74 Å². The molecule has 3 aromatic rings. The lowest BCUT2D eigenvalue weighted by atomic mass is 10.0. The van der Waals surface area contributed by atoms with Crippen molar-refractivity contribution in [3.63, 3.8) is 0 Å². The fraction of sp³-hybridized carbons (Fsp3) is 0.348. The van der Waals surface area contributed by atoms with Crippen LogP contribution in [0, 0.1) is 6.92 Å². The molecule has 0 spiro atoms. The Morgan fingerprint density at radius 2 is 1.87 bits per heavy atom. The minimum atomic E-state index is 0.0436. The molecular weight excluding hydrogens is 451 g/mol. The Hall–Kier alpha value is -2.15. The third-order valence-corrected chi connectivity index (χ3v) is 6.54. The summed E-state index contributed by atoms with van der Waals surface area (Å²) < 4.78 is 10.5. The number of benzene rings is 2. The first-order valence-electron chi connectivity index (χ1n) is 10.3. The number of halogens is 2. The molecule has 0 amide bonds. The number of hydrogen-bond donors (Lipinski definition) is 0. The fourth-order valence-corrected chi connectivity index (χ4v) is 4.43. The third-order valence-electron chi connectivity index (χ3n) is 5.37. The van der Waals surface area contributed by atoms with E-state index in [-0.39, 0.29) is 5.92 Å². The van der Waals surface area contributed by atoms with Crippen LogP contribution in [-0.4, -0.2) is 33.7 Å². The minimum absolute atomic E-state index is 0.0436. The van der Waals surface area contributed by atoms with Crippen LogP contribution in [0.3, 0.4) is 0 Å². The molecule has 0 bridgehead atoms. The Morgan fingerprint density at radius 3 is 2.61 bits per heavy atom. The number of piperidine rings is 1. The summed E-state index contributed by atoms with van der Waals surface area (Å²) in [6, 6.07) is 11.5. The molecule has 162 valence electrons. The average Bonchev–Trinajstić information content (AvgIpc) is 3.24. The molecule has 31 heavy (non-hydrogen) atoms. The number of aryl methyl sites for hydroxylation is 1. The van der Waals surface area contributed by atoms with E-state index in [1.165, 1.54) is 30.8 Å². The normalized spacial score (nSPS) is 15.4.